The van der Waals surface area contributed by atoms with Gasteiger partial charge in [-0.3, -0.25) is 4.79 Å². The van der Waals surface area contributed by atoms with Crippen LogP contribution in [-0.2, 0) is 11.3 Å². The van der Waals surface area contributed by atoms with Crippen LogP contribution < -0.4 is 9.88 Å². The molecule has 0 bridgehead atoms. The Bertz CT molecular complexity index is 583. The average Bonchev–Trinajstić information content (AvgIpc) is 2.42. The molecule has 2 rings (SSSR count). The van der Waals surface area contributed by atoms with Crippen LogP contribution in [-0.4, -0.2) is 5.91 Å². The number of aromatic nitrogens is 1. The summed E-state index contributed by atoms with van der Waals surface area (Å²) in [6, 6.07) is 10.1. The molecule has 1 N–H and O–H groups in total. The van der Waals surface area contributed by atoms with Crippen molar-refractivity contribution in [3.8, 4) is 0 Å². The first-order valence-electron chi connectivity index (χ1n) is 6.88. The Balaban J connectivity index is 1.94. The second-order valence-corrected chi connectivity index (χ2v) is 5.18. The fourth-order valence-corrected chi connectivity index (χ4v) is 2.13. The number of para-hydroxylation sites is 1. The number of aryl methyl sites for hydroxylation is 4. The van der Waals surface area contributed by atoms with E-state index < -0.39 is 0 Å². The molecule has 1 amide bonds. The monoisotopic (exact) mass is 269 g/mol. The van der Waals surface area contributed by atoms with E-state index in [0.717, 1.165) is 16.8 Å². The van der Waals surface area contributed by atoms with Crippen LogP contribution in [0, 0.1) is 20.8 Å². The molecule has 1 aromatic carbocycles. The molecular weight excluding hydrogens is 248 g/mol. The van der Waals surface area contributed by atoms with Crippen LogP contribution in [0.3, 0.4) is 0 Å². The number of carbonyl (C=O) groups is 1. The van der Waals surface area contributed by atoms with Gasteiger partial charge in [0.2, 0.25) is 5.91 Å². The zero-order valence-corrected chi connectivity index (χ0v) is 12.3. The Hall–Kier alpha value is -2.16. The molecule has 0 aliphatic carbocycles. The molecular formula is C17H21N2O+. The van der Waals surface area contributed by atoms with Crippen molar-refractivity contribution in [2.75, 3.05) is 5.32 Å². The quantitative estimate of drug-likeness (QED) is 0.851. The van der Waals surface area contributed by atoms with Gasteiger partial charge in [0, 0.05) is 17.8 Å². The number of nitrogens with one attached hydrogen (secondary N) is 1. The molecule has 1 aromatic heterocycles. The summed E-state index contributed by atoms with van der Waals surface area (Å²) in [5.74, 6) is 0.0514. The van der Waals surface area contributed by atoms with Crippen LogP contribution in [0.1, 0.15) is 23.1 Å². The highest BCUT2D eigenvalue weighted by atomic mass is 16.1. The third kappa shape index (κ3) is 3.67. The lowest BCUT2D eigenvalue weighted by atomic mass is 10.1. The zero-order chi connectivity index (χ0) is 14.5. The van der Waals surface area contributed by atoms with E-state index in [2.05, 4.69) is 12.2 Å². The smallest absolute Gasteiger partial charge is 0.230 e. The first-order valence-corrected chi connectivity index (χ1v) is 6.88. The fraction of sp³-hybridized carbons (Fsp3) is 0.294. The maximum absolute atomic E-state index is 12.0. The van der Waals surface area contributed by atoms with Crippen molar-refractivity contribution >= 4 is 11.6 Å². The minimum absolute atomic E-state index is 0.0514. The van der Waals surface area contributed by atoms with Gasteiger partial charge in [0.25, 0.3) is 0 Å². The number of carbonyl (C=O) groups excluding carboxylic acids is 1. The predicted octanol–water partition coefficient (Wildman–Crippen LogP) is 2.93. The molecule has 2 aromatic rings. The number of pyridine rings is 1. The number of anilines is 1. The summed E-state index contributed by atoms with van der Waals surface area (Å²) in [4.78, 5) is 12.0. The number of nitrogens with zero attached hydrogens (tertiary/aromatic N) is 1. The van der Waals surface area contributed by atoms with Crippen LogP contribution in [0.4, 0.5) is 5.69 Å². The summed E-state index contributed by atoms with van der Waals surface area (Å²) in [6.07, 6.45) is 4.48. The van der Waals surface area contributed by atoms with Gasteiger partial charge < -0.3 is 5.32 Å². The molecule has 0 saturated heterocycles. The maximum Gasteiger partial charge on any atom is 0.230 e. The van der Waals surface area contributed by atoms with E-state index in [1.807, 2.05) is 61.1 Å². The van der Waals surface area contributed by atoms with Gasteiger partial charge in [-0.15, -0.1) is 0 Å². The molecule has 3 heteroatoms. The van der Waals surface area contributed by atoms with Crippen LogP contribution in [0.2, 0.25) is 0 Å². The first-order chi connectivity index (χ1) is 9.56. The van der Waals surface area contributed by atoms with Crippen molar-refractivity contribution in [2.24, 2.45) is 0 Å². The predicted molar refractivity (Wildman–Crippen MR) is 80.5 cm³/mol. The summed E-state index contributed by atoms with van der Waals surface area (Å²) in [6.45, 7) is 6.77. The van der Waals surface area contributed by atoms with Gasteiger partial charge in [0.1, 0.15) is 0 Å². The van der Waals surface area contributed by atoms with Crippen molar-refractivity contribution in [3.05, 3.63) is 59.4 Å². The van der Waals surface area contributed by atoms with Gasteiger partial charge in [-0.05, 0) is 37.5 Å². The molecule has 0 radical (unpaired) electrons. The van der Waals surface area contributed by atoms with E-state index in [4.69, 9.17) is 0 Å². The molecule has 0 spiro atoms. The normalized spacial score (nSPS) is 10.3. The summed E-state index contributed by atoms with van der Waals surface area (Å²) >= 11 is 0. The van der Waals surface area contributed by atoms with Gasteiger partial charge in [0.05, 0.1) is 6.42 Å². The molecule has 0 aliphatic rings. The lowest BCUT2D eigenvalue weighted by molar-refractivity contribution is -0.695. The third-order valence-corrected chi connectivity index (χ3v) is 3.40. The van der Waals surface area contributed by atoms with Gasteiger partial charge in [-0.25, -0.2) is 4.57 Å². The second kappa shape index (κ2) is 6.33. The molecule has 0 atom stereocenters. The Morgan fingerprint density at radius 2 is 1.65 bits per heavy atom. The van der Waals surface area contributed by atoms with E-state index in [0.29, 0.717) is 13.0 Å². The van der Waals surface area contributed by atoms with Crippen molar-refractivity contribution in [1.29, 1.82) is 0 Å². The molecule has 1 heterocycles. The molecule has 0 saturated carbocycles. The molecule has 3 nitrogen and oxygen atoms in total. The second-order valence-electron chi connectivity index (χ2n) is 5.18. The van der Waals surface area contributed by atoms with E-state index in [9.17, 15) is 4.79 Å². The number of rotatable bonds is 4. The molecule has 0 aliphatic heterocycles. The minimum atomic E-state index is 0.0514. The fourth-order valence-electron chi connectivity index (χ4n) is 2.13. The molecule has 0 fully saturated rings. The van der Waals surface area contributed by atoms with Gasteiger partial charge in [0.15, 0.2) is 18.9 Å². The molecule has 104 valence electrons. The van der Waals surface area contributed by atoms with Gasteiger partial charge in [-0.1, -0.05) is 18.2 Å². The standard InChI is InChI=1S/C17H20N2O/c1-13-7-10-19(11-8-13)12-9-16(20)18-17-14(2)5-4-6-15(17)3/h4-8,10-11H,9,12H2,1-3H3/p+1. The highest BCUT2D eigenvalue weighted by molar-refractivity contribution is 5.92. The van der Waals surface area contributed by atoms with Crippen LogP contribution in [0.25, 0.3) is 0 Å². The Kier molecular flexibility index (Phi) is 4.51. The number of benzene rings is 1. The SMILES string of the molecule is Cc1cc[n+](CCC(=O)Nc2c(C)cccc2C)cc1. The third-order valence-electron chi connectivity index (χ3n) is 3.40. The minimum Gasteiger partial charge on any atom is -0.325 e. The Morgan fingerprint density at radius 1 is 1.05 bits per heavy atom. The first kappa shape index (κ1) is 14.3. The van der Waals surface area contributed by atoms with E-state index in [-0.39, 0.29) is 5.91 Å². The van der Waals surface area contributed by atoms with Crippen molar-refractivity contribution in [1.82, 2.24) is 0 Å². The van der Waals surface area contributed by atoms with Crippen LogP contribution in [0.15, 0.2) is 42.7 Å². The van der Waals surface area contributed by atoms with E-state index in [1.54, 1.807) is 0 Å². The summed E-state index contributed by atoms with van der Waals surface area (Å²) < 4.78 is 2.03. The van der Waals surface area contributed by atoms with E-state index in [1.165, 1.54) is 5.56 Å². The largest absolute Gasteiger partial charge is 0.325 e. The number of hydrogen-bond acceptors (Lipinski definition) is 1. The van der Waals surface area contributed by atoms with Crippen molar-refractivity contribution in [3.63, 3.8) is 0 Å². The number of hydrogen-bond donors (Lipinski definition) is 1. The topological polar surface area (TPSA) is 33.0 Å². The van der Waals surface area contributed by atoms with Crippen LogP contribution >= 0.6 is 0 Å². The zero-order valence-electron chi connectivity index (χ0n) is 12.3. The van der Waals surface area contributed by atoms with Crippen molar-refractivity contribution in [2.45, 2.75) is 33.7 Å². The maximum atomic E-state index is 12.0. The lowest BCUT2D eigenvalue weighted by Crippen LogP contribution is -2.34. The van der Waals surface area contributed by atoms with E-state index >= 15 is 0 Å². The highest BCUT2D eigenvalue weighted by Crippen LogP contribution is 2.19. The Morgan fingerprint density at radius 3 is 2.25 bits per heavy atom. The Labute approximate surface area is 120 Å². The summed E-state index contributed by atoms with van der Waals surface area (Å²) in [5.41, 5.74) is 4.36. The van der Waals surface area contributed by atoms with Crippen molar-refractivity contribution < 1.29 is 9.36 Å². The highest BCUT2D eigenvalue weighted by Gasteiger charge is 2.09. The summed E-state index contributed by atoms with van der Waals surface area (Å²) in [7, 11) is 0. The van der Waals surface area contributed by atoms with Gasteiger partial charge in [-0.2, -0.15) is 0 Å². The summed E-state index contributed by atoms with van der Waals surface area (Å²) in [5, 5.41) is 3.01. The van der Waals surface area contributed by atoms with Gasteiger partial charge >= 0.3 is 0 Å². The lowest BCUT2D eigenvalue weighted by Gasteiger charge is -2.10. The molecule has 20 heavy (non-hydrogen) atoms. The number of amides is 1. The molecule has 0 unspecified atom stereocenters. The van der Waals surface area contributed by atoms with Crippen LogP contribution in [0.5, 0.6) is 0 Å². The average molecular weight is 269 g/mol.